The van der Waals surface area contributed by atoms with E-state index in [0.29, 0.717) is 12.1 Å². The third-order valence-corrected chi connectivity index (χ3v) is 2.42. The van der Waals surface area contributed by atoms with Crippen molar-refractivity contribution in [3.63, 3.8) is 0 Å². The first kappa shape index (κ1) is 10.2. The Balaban J connectivity index is 2.39. The minimum absolute atomic E-state index is 0.403. The quantitative estimate of drug-likeness (QED) is 0.764. The summed E-state index contributed by atoms with van der Waals surface area (Å²) in [5.41, 5.74) is 1.03. The van der Waals surface area contributed by atoms with Gasteiger partial charge in [-0.25, -0.2) is 13.5 Å². The first-order chi connectivity index (χ1) is 7.18. The molecule has 82 valence electrons. The summed E-state index contributed by atoms with van der Waals surface area (Å²) in [5, 5.41) is 6.76. The van der Waals surface area contributed by atoms with E-state index in [-0.39, 0.29) is 0 Å². The zero-order valence-corrected chi connectivity index (χ0v) is 8.04. The normalized spacial score (nSPS) is 15.4. The number of fused-ring (bicyclic) bond motifs is 1. The molecule has 0 unspecified atom stereocenters. The van der Waals surface area contributed by atoms with Gasteiger partial charge in [0, 0.05) is 12.1 Å². The zero-order chi connectivity index (χ0) is 10.8. The molecule has 0 bridgehead atoms. The molecule has 0 atom stereocenters. The van der Waals surface area contributed by atoms with Gasteiger partial charge < -0.3 is 5.32 Å². The summed E-state index contributed by atoms with van der Waals surface area (Å²) in [6.07, 6.45) is -0.308. The lowest BCUT2D eigenvalue weighted by Crippen LogP contribution is -2.36. The summed E-state index contributed by atoms with van der Waals surface area (Å²) in [4.78, 5) is 11.7. The summed E-state index contributed by atoms with van der Waals surface area (Å²) >= 11 is 0. The largest absolute Gasteiger partial charge is 0.312 e. The molecule has 6 heteroatoms. The van der Waals surface area contributed by atoms with Crippen LogP contribution in [0, 0.1) is 0 Å². The SMILES string of the molecule is O=c1c2c(cnn1CC(F)F)CCNC2. The Labute approximate surface area is 84.9 Å². The Hall–Kier alpha value is -1.30. The Kier molecular flexibility index (Phi) is 2.77. The van der Waals surface area contributed by atoms with Crippen molar-refractivity contribution in [2.45, 2.75) is 25.9 Å². The summed E-state index contributed by atoms with van der Waals surface area (Å²) in [6, 6.07) is 0. The molecular formula is C9H11F2N3O. The van der Waals surface area contributed by atoms with E-state index in [9.17, 15) is 13.6 Å². The molecule has 0 spiro atoms. The second kappa shape index (κ2) is 4.06. The van der Waals surface area contributed by atoms with Crippen LogP contribution in [-0.4, -0.2) is 22.8 Å². The molecule has 15 heavy (non-hydrogen) atoms. The fourth-order valence-corrected chi connectivity index (χ4v) is 1.66. The topological polar surface area (TPSA) is 46.9 Å². The average Bonchev–Trinajstić information content (AvgIpc) is 2.22. The van der Waals surface area contributed by atoms with Crippen molar-refractivity contribution in [1.29, 1.82) is 0 Å². The highest BCUT2D eigenvalue weighted by molar-refractivity contribution is 5.23. The third kappa shape index (κ3) is 2.04. The van der Waals surface area contributed by atoms with E-state index in [1.807, 2.05) is 0 Å². The maximum absolute atomic E-state index is 12.1. The lowest BCUT2D eigenvalue weighted by molar-refractivity contribution is 0.119. The minimum atomic E-state index is -2.55. The fourth-order valence-electron chi connectivity index (χ4n) is 1.66. The first-order valence-corrected chi connectivity index (χ1v) is 4.75. The molecule has 4 nitrogen and oxygen atoms in total. The molecule has 2 rings (SSSR count). The lowest BCUT2D eigenvalue weighted by Gasteiger charge is -2.16. The smallest absolute Gasteiger partial charge is 0.271 e. The van der Waals surface area contributed by atoms with Crippen molar-refractivity contribution in [2.24, 2.45) is 0 Å². The van der Waals surface area contributed by atoms with Gasteiger partial charge in [0.05, 0.1) is 6.20 Å². The molecule has 0 amide bonds. The Morgan fingerprint density at radius 2 is 2.40 bits per heavy atom. The summed E-state index contributed by atoms with van der Waals surface area (Å²) in [5.74, 6) is 0. The molecule has 1 aliphatic heterocycles. The first-order valence-electron chi connectivity index (χ1n) is 4.75. The van der Waals surface area contributed by atoms with Crippen molar-refractivity contribution in [3.8, 4) is 0 Å². The zero-order valence-electron chi connectivity index (χ0n) is 8.04. The number of alkyl halides is 2. The van der Waals surface area contributed by atoms with Crippen LogP contribution in [0.25, 0.3) is 0 Å². The van der Waals surface area contributed by atoms with Crippen molar-refractivity contribution in [1.82, 2.24) is 15.1 Å². The maximum atomic E-state index is 12.1. The van der Waals surface area contributed by atoms with Crippen molar-refractivity contribution in [2.75, 3.05) is 6.54 Å². The molecule has 0 radical (unpaired) electrons. The van der Waals surface area contributed by atoms with E-state index in [4.69, 9.17) is 0 Å². The second-order valence-corrected chi connectivity index (χ2v) is 3.45. The summed E-state index contributed by atoms with van der Waals surface area (Å²) in [7, 11) is 0. The molecule has 0 aliphatic carbocycles. The number of aromatic nitrogens is 2. The van der Waals surface area contributed by atoms with Crippen LogP contribution in [-0.2, 0) is 19.5 Å². The van der Waals surface area contributed by atoms with Gasteiger partial charge in [-0.2, -0.15) is 5.10 Å². The van der Waals surface area contributed by atoms with Gasteiger partial charge in [-0.1, -0.05) is 0 Å². The van der Waals surface area contributed by atoms with E-state index in [2.05, 4.69) is 10.4 Å². The number of hydrogen-bond donors (Lipinski definition) is 1. The van der Waals surface area contributed by atoms with E-state index in [1.54, 1.807) is 0 Å². The predicted octanol–water partition coefficient (Wildman–Crippen LogP) is 0.154. The summed E-state index contributed by atoms with van der Waals surface area (Å²) < 4.78 is 25.1. The van der Waals surface area contributed by atoms with Crippen LogP contribution in [0.4, 0.5) is 8.78 Å². The van der Waals surface area contributed by atoms with Crippen LogP contribution in [0.5, 0.6) is 0 Å². The van der Waals surface area contributed by atoms with Crippen molar-refractivity contribution >= 4 is 0 Å². The van der Waals surface area contributed by atoms with Crippen LogP contribution in [0.1, 0.15) is 11.1 Å². The van der Waals surface area contributed by atoms with Gasteiger partial charge in [-0.05, 0) is 18.5 Å². The second-order valence-electron chi connectivity index (χ2n) is 3.45. The monoisotopic (exact) mass is 215 g/mol. The Bertz CT molecular complexity index is 416. The highest BCUT2D eigenvalue weighted by atomic mass is 19.3. The molecule has 2 heterocycles. The summed E-state index contributed by atoms with van der Waals surface area (Å²) in [6.45, 7) is 0.610. The molecule has 0 fully saturated rings. The van der Waals surface area contributed by atoms with Crippen molar-refractivity contribution < 1.29 is 8.78 Å². The van der Waals surface area contributed by atoms with Gasteiger partial charge in [0.15, 0.2) is 0 Å². The van der Waals surface area contributed by atoms with Crippen LogP contribution >= 0.6 is 0 Å². The van der Waals surface area contributed by atoms with Crippen LogP contribution in [0.15, 0.2) is 11.0 Å². The van der Waals surface area contributed by atoms with Gasteiger partial charge in [-0.3, -0.25) is 4.79 Å². The van der Waals surface area contributed by atoms with E-state index in [1.165, 1.54) is 6.20 Å². The van der Waals surface area contributed by atoms with Gasteiger partial charge in [0.25, 0.3) is 12.0 Å². The van der Waals surface area contributed by atoms with Gasteiger partial charge in [0.1, 0.15) is 6.54 Å². The number of rotatable bonds is 2. The molecule has 1 aliphatic rings. The van der Waals surface area contributed by atoms with Gasteiger partial charge in [-0.15, -0.1) is 0 Å². The average molecular weight is 215 g/mol. The molecule has 1 aromatic rings. The standard InChI is InChI=1S/C9H11F2N3O/c10-8(11)5-14-9(15)7-4-12-2-1-6(7)3-13-14/h3,8,12H,1-2,4-5H2. The van der Waals surface area contributed by atoms with Gasteiger partial charge in [0.2, 0.25) is 0 Å². The Morgan fingerprint density at radius 1 is 1.60 bits per heavy atom. The number of halogens is 2. The van der Waals surface area contributed by atoms with Crippen LogP contribution in [0.3, 0.4) is 0 Å². The number of hydrogen-bond acceptors (Lipinski definition) is 3. The van der Waals surface area contributed by atoms with E-state index >= 15 is 0 Å². The van der Waals surface area contributed by atoms with Crippen LogP contribution < -0.4 is 10.9 Å². The lowest BCUT2D eigenvalue weighted by atomic mass is 10.1. The highest BCUT2D eigenvalue weighted by Gasteiger charge is 2.16. The minimum Gasteiger partial charge on any atom is -0.312 e. The number of nitrogens with zero attached hydrogens (tertiary/aromatic N) is 2. The molecule has 0 saturated heterocycles. The molecule has 0 aromatic carbocycles. The van der Waals surface area contributed by atoms with E-state index in [0.717, 1.165) is 23.2 Å². The van der Waals surface area contributed by atoms with Gasteiger partial charge >= 0.3 is 0 Å². The highest BCUT2D eigenvalue weighted by Crippen LogP contribution is 2.07. The molecular weight excluding hydrogens is 204 g/mol. The molecule has 0 saturated carbocycles. The fraction of sp³-hybridized carbons (Fsp3) is 0.556. The predicted molar refractivity (Wildman–Crippen MR) is 49.9 cm³/mol. The van der Waals surface area contributed by atoms with Crippen LogP contribution in [0.2, 0.25) is 0 Å². The molecule has 1 N–H and O–H groups in total. The molecule has 1 aromatic heterocycles. The Morgan fingerprint density at radius 3 is 3.13 bits per heavy atom. The van der Waals surface area contributed by atoms with Crippen molar-refractivity contribution in [3.05, 3.63) is 27.7 Å². The third-order valence-electron chi connectivity index (χ3n) is 2.42. The number of nitrogens with one attached hydrogen (secondary N) is 1. The maximum Gasteiger partial charge on any atom is 0.271 e. The van der Waals surface area contributed by atoms with E-state index < -0.39 is 18.5 Å².